The van der Waals surface area contributed by atoms with Crippen molar-refractivity contribution in [2.24, 2.45) is 0 Å². The van der Waals surface area contributed by atoms with E-state index in [4.69, 9.17) is 0 Å². The van der Waals surface area contributed by atoms with Gasteiger partial charge in [-0.25, -0.2) is 8.78 Å². The number of hydrogen-bond donors (Lipinski definition) is 0. The van der Waals surface area contributed by atoms with Gasteiger partial charge in [0, 0.05) is 4.47 Å². The minimum Gasteiger partial charge on any atom is -0.292 e. The molecule has 17 heavy (non-hydrogen) atoms. The summed E-state index contributed by atoms with van der Waals surface area (Å²) in [5.41, 5.74) is -0.412. The Balaban J connectivity index is 2.44. The Kier molecular flexibility index (Phi) is 3.59. The van der Waals surface area contributed by atoms with Crippen LogP contribution in [0.15, 0.2) is 16.6 Å². The zero-order valence-electron chi connectivity index (χ0n) is 9.23. The van der Waals surface area contributed by atoms with Crippen molar-refractivity contribution in [3.05, 3.63) is 33.8 Å². The average Bonchev–Trinajstić information content (AvgIpc) is 2.64. The van der Waals surface area contributed by atoms with E-state index in [0.717, 1.165) is 24.3 Å². The van der Waals surface area contributed by atoms with Gasteiger partial charge in [0.2, 0.25) is 0 Å². The van der Waals surface area contributed by atoms with Crippen LogP contribution >= 0.6 is 27.7 Å². The molecule has 1 heterocycles. The molecule has 1 nitrogen and oxygen atoms in total. The molecule has 1 saturated heterocycles. The fourth-order valence-corrected chi connectivity index (χ4v) is 3.64. The number of hydrogen-bond acceptors (Lipinski definition) is 2. The summed E-state index contributed by atoms with van der Waals surface area (Å²) in [6.45, 7) is 1.76. The van der Waals surface area contributed by atoms with Crippen LogP contribution in [-0.4, -0.2) is 16.3 Å². The molecular formula is C12H11BrF2OS. The molecule has 2 rings (SSSR count). The van der Waals surface area contributed by atoms with Crippen molar-refractivity contribution in [1.29, 1.82) is 0 Å². The van der Waals surface area contributed by atoms with E-state index in [1.54, 1.807) is 6.92 Å². The second-order valence-corrected chi connectivity index (χ2v) is 6.77. The van der Waals surface area contributed by atoms with Crippen molar-refractivity contribution in [1.82, 2.24) is 0 Å². The molecule has 0 bridgehead atoms. The molecule has 0 N–H and O–H groups in total. The van der Waals surface area contributed by atoms with Crippen LogP contribution in [0.25, 0.3) is 0 Å². The summed E-state index contributed by atoms with van der Waals surface area (Å²) in [5.74, 6) is -1.17. The van der Waals surface area contributed by atoms with Gasteiger partial charge in [0.25, 0.3) is 0 Å². The summed E-state index contributed by atoms with van der Waals surface area (Å²) in [4.78, 5) is 12.2. The van der Waals surface area contributed by atoms with Gasteiger partial charge in [-0.3, -0.25) is 4.79 Å². The Labute approximate surface area is 111 Å². The molecule has 1 fully saturated rings. The molecule has 0 aromatic heterocycles. The topological polar surface area (TPSA) is 17.1 Å². The van der Waals surface area contributed by atoms with Gasteiger partial charge in [-0.1, -0.05) is 15.9 Å². The predicted molar refractivity (Wildman–Crippen MR) is 68.5 cm³/mol. The minimum atomic E-state index is -0.796. The number of ketones is 1. The number of Topliss-reactive ketones (excluding diaryl/α,β-unsaturated/α-hetero) is 1. The van der Waals surface area contributed by atoms with Gasteiger partial charge in [0.05, 0.1) is 10.3 Å². The second kappa shape index (κ2) is 4.69. The van der Waals surface area contributed by atoms with Gasteiger partial charge in [-0.15, -0.1) is 11.8 Å². The standard InChI is InChI=1S/C12H11BrF2OS/c1-12(3-2-4-17-12)11(16)10-8(14)5-7(13)6-9(10)15/h5-6H,2-4H2,1H3. The number of benzene rings is 1. The molecule has 1 aromatic carbocycles. The maximum absolute atomic E-state index is 13.7. The molecule has 1 unspecified atom stereocenters. The van der Waals surface area contributed by atoms with Gasteiger partial charge in [-0.2, -0.15) is 0 Å². The van der Waals surface area contributed by atoms with Crippen molar-refractivity contribution < 1.29 is 13.6 Å². The number of thioether (sulfide) groups is 1. The lowest BCUT2D eigenvalue weighted by molar-refractivity contribution is 0.0940. The van der Waals surface area contributed by atoms with Crippen molar-refractivity contribution in [3.8, 4) is 0 Å². The summed E-state index contributed by atoms with van der Waals surface area (Å²) >= 11 is 4.47. The molecule has 92 valence electrons. The van der Waals surface area contributed by atoms with Gasteiger partial charge in [-0.05, 0) is 37.7 Å². The van der Waals surface area contributed by atoms with Gasteiger partial charge < -0.3 is 0 Å². The number of carbonyl (C=O) groups is 1. The highest BCUT2D eigenvalue weighted by Gasteiger charge is 2.40. The normalized spacial score (nSPS) is 24.0. The average molecular weight is 321 g/mol. The lowest BCUT2D eigenvalue weighted by atomic mass is 9.94. The highest BCUT2D eigenvalue weighted by molar-refractivity contribution is 9.10. The van der Waals surface area contributed by atoms with Crippen LogP contribution in [0.4, 0.5) is 8.78 Å². The summed E-state index contributed by atoms with van der Waals surface area (Å²) < 4.78 is 27.0. The molecule has 5 heteroatoms. The highest BCUT2D eigenvalue weighted by atomic mass is 79.9. The second-order valence-electron chi connectivity index (χ2n) is 4.26. The maximum atomic E-state index is 13.7. The number of rotatable bonds is 2. The molecule has 1 aliphatic heterocycles. The summed E-state index contributed by atoms with van der Waals surface area (Å²) in [6, 6.07) is 2.25. The van der Waals surface area contributed by atoms with Crippen LogP contribution in [0.5, 0.6) is 0 Å². The first-order chi connectivity index (χ1) is 7.94. The molecule has 1 aliphatic rings. The summed E-state index contributed by atoms with van der Waals surface area (Å²) in [5, 5.41) is 0. The molecule has 0 aliphatic carbocycles. The van der Waals surface area contributed by atoms with E-state index in [1.807, 2.05) is 0 Å². The van der Waals surface area contributed by atoms with E-state index in [0.29, 0.717) is 10.9 Å². The monoisotopic (exact) mass is 320 g/mol. The predicted octanol–water partition coefficient (Wildman–Crippen LogP) is 4.20. The van der Waals surface area contributed by atoms with Gasteiger partial charge in [0.15, 0.2) is 5.78 Å². The molecule has 0 radical (unpaired) electrons. The first-order valence-electron chi connectivity index (χ1n) is 5.27. The fraction of sp³-hybridized carbons (Fsp3) is 0.417. The number of halogens is 3. The highest BCUT2D eigenvalue weighted by Crippen LogP contribution is 2.41. The van der Waals surface area contributed by atoms with E-state index in [2.05, 4.69) is 15.9 Å². The third-order valence-electron chi connectivity index (χ3n) is 2.93. The lowest BCUT2D eigenvalue weighted by Gasteiger charge is -2.21. The minimum absolute atomic E-state index is 0.299. The number of carbonyl (C=O) groups excluding carboxylic acids is 1. The molecule has 1 atom stereocenters. The first-order valence-corrected chi connectivity index (χ1v) is 7.05. The van der Waals surface area contributed by atoms with Crippen LogP contribution in [0.1, 0.15) is 30.1 Å². The third-order valence-corrected chi connectivity index (χ3v) is 4.91. The van der Waals surface area contributed by atoms with Crippen LogP contribution < -0.4 is 0 Å². The molecule has 0 saturated carbocycles. The Morgan fingerprint density at radius 3 is 2.47 bits per heavy atom. The van der Waals surface area contributed by atoms with Crippen LogP contribution in [0, 0.1) is 11.6 Å². The summed E-state index contributed by atoms with van der Waals surface area (Å²) in [6.07, 6.45) is 1.58. The zero-order valence-corrected chi connectivity index (χ0v) is 11.6. The van der Waals surface area contributed by atoms with E-state index in [9.17, 15) is 13.6 Å². The van der Waals surface area contributed by atoms with E-state index < -0.39 is 27.7 Å². The van der Waals surface area contributed by atoms with Crippen LogP contribution in [-0.2, 0) is 0 Å². The third kappa shape index (κ3) is 2.40. The molecule has 1 aromatic rings. The van der Waals surface area contributed by atoms with Crippen molar-refractivity contribution in [3.63, 3.8) is 0 Å². The quantitative estimate of drug-likeness (QED) is 0.760. The van der Waals surface area contributed by atoms with Gasteiger partial charge >= 0.3 is 0 Å². The zero-order chi connectivity index (χ0) is 12.6. The maximum Gasteiger partial charge on any atom is 0.184 e. The van der Waals surface area contributed by atoms with Crippen LogP contribution in [0.2, 0.25) is 0 Å². The SMILES string of the molecule is CC1(C(=O)c2c(F)cc(Br)cc2F)CCCS1. The van der Waals surface area contributed by atoms with Crippen molar-refractivity contribution >= 4 is 33.5 Å². The Morgan fingerprint density at radius 1 is 1.41 bits per heavy atom. The van der Waals surface area contributed by atoms with Crippen molar-refractivity contribution in [2.75, 3.05) is 5.75 Å². The van der Waals surface area contributed by atoms with Crippen molar-refractivity contribution in [2.45, 2.75) is 24.5 Å². The molecular weight excluding hydrogens is 310 g/mol. The Hall–Kier alpha value is -0.420. The van der Waals surface area contributed by atoms with Crippen LogP contribution in [0.3, 0.4) is 0 Å². The van der Waals surface area contributed by atoms with E-state index >= 15 is 0 Å². The fourth-order valence-electron chi connectivity index (χ4n) is 1.98. The molecule has 0 amide bonds. The Bertz CT molecular complexity index is 447. The van der Waals surface area contributed by atoms with Gasteiger partial charge in [0.1, 0.15) is 11.6 Å². The van der Waals surface area contributed by atoms with E-state index in [-0.39, 0.29) is 0 Å². The Morgan fingerprint density at radius 2 is 2.00 bits per heavy atom. The largest absolute Gasteiger partial charge is 0.292 e. The summed E-state index contributed by atoms with van der Waals surface area (Å²) in [7, 11) is 0. The smallest absolute Gasteiger partial charge is 0.184 e. The lowest BCUT2D eigenvalue weighted by Crippen LogP contribution is -2.30. The first kappa shape index (κ1) is 13.0. The van der Waals surface area contributed by atoms with E-state index in [1.165, 1.54) is 11.8 Å². The molecule has 0 spiro atoms.